The van der Waals surface area contributed by atoms with Crippen molar-refractivity contribution in [1.82, 2.24) is 4.90 Å². The third kappa shape index (κ3) is 2.77. The number of carbonyl (C=O) groups is 1. The number of morpholine rings is 1. The normalized spacial score (nSPS) is 19.3. The largest absolute Gasteiger partial charge is 0.504 e. The molecule has 0 radical (unpaired) electrons. The van der Waals surface area contributed by atoms with E-state index >= 15 is 0 Å². The number of phenols is 1. The van der Waals surface area contributed by atoms with Crippen LogP contribution in [0, 0.1) is 0 Å². The molecule has 0 spiro atoms. The number of rotatable bonds is 3. The Morgan fingerprint density at radius 1 is 1.63 bits per heavy atom. The molecule has 1 aromatic carbocycles. The lowest BCUT2D eigenvalue weighted by Gasteiger charge is -2.34. The van der Waals surface area contributed by atoms with Crippen LogP contribution in [-0.4, -0.2) is 54.7 Å². The molecule has 1 aliphatic rings. The molecule has 5 nitrogen and oxygen atoms in total. The van der Waals surface area contributed by atoms with E-state index in [4.69, 9.17) is 21.1 Å². The highest BCUT2D eigenvalue weighted by Crippen LogP contribution is 2.30. The van der Waals surface area contributed by atoms with Gasteiger partial charge in [0.25, 0.3) is 5.91 Å². The molecular weight excluding hydrogens is 270 g/mol. The monoisotopic (exact) mass is 285 g/mol. The van der Waals surface area contributed by atoms with E-state index in [9.17, 15) is 9.90 Å². The minimum atomic E-state index is -0.259. The van der Waals surface area contributed by atoms with E-state index in [0.29, 0.717) is 25.6 Å². The van der Waals surface area contributed by atoms with Gasteiger partial charge in [0.1, 0.15) is 0 Å². The molecule has 104 valence electrons. The van der Waals surface area contributed by atoms with Crippen molar-refractivity contribution in [2.24, 2.45) is 0 Å². The third-order valence-corrected chi connectivity index (χ3v) is 3.47. The van der Waals surface area contributed by atoms with Gasteiger partial charge in [-0.25, -0.2) is 0 Å². The van der Waals surface area contributed by atoms with Crippen molar-refractivity contribution in [3.63, 3.8) is 0 Å². The van der Waals surface area contributed by atoms with Crippen molar-refractivity contribution in [2.45, 2.75) is 6.04 Å². The van der Waals surface area contributed by atoms with E-state index < -0.39 is 0 Å². The van der Waals surface area contributed by atoms with Crippen molar-refractivity contribution in [3.8, 4) is 11.5 Å². The first-order chi connectivity index (χ1) is 9.19. The van der Waals surface area contributed by atoms with Gasteiger partial charge < -0.3 is 19.5 Å². The average molecular weight is 286 g/mol. The number of hydrogen-bond donors (Lipinski definition) is 1. The van der Waals surface area contributed by atoms with Crippen LogP contribution in [0.2, 0.25) is 0 Å². The molecule has 0 aliphatic carbocycles. The van der Waals surface area contributed by atoms with Gasteiger partial charge in [-0.1, -0.05) is 6.07 Å². The summed E-state index contributed by atoms with van der Waals surface area (Å²) < 4.78 is 10.3. The zero-order valence-corrected chi connectivity index (χ0v) is 11.4. The number of halogens is 1. The molecule has 1 amide bonds. The molecule has 2 rings (SSSR count). The number of nitrogens with zero attached hydrogens (tertiary/aromatic N) is 1. The summed E-state index contributed by atoms with van der Waals surface area (Å²) in [5.74, 6) is 0.179. The molecule has 1 saturated heterocycles. The van der Waals surface area contributed by atoms with E-state index in [-0.39, 0.29) is 29.0 Å². The fourth-order valence-electron chi connectivity index (χ4n) is 2.06. The van der Waals surface area contributed by atoms with E-state index in [2.05, 4.69) is 0 Å². The van der Waals surface area contributed by atoms with Crippen LogP contribution in [-0.2, 0) is 4.74 Å². The predicted molar refractivity (Wildman–Crippen MR) is 71.0 cm³/mol. The van der Waals surface area contributed by atoms with Gasteiger partial charge in [0, 0.05) is 12.4 Å². The molecule has 19 heavy (non-hydrogen) atoms. The lowest BCUT2D eigenvalue weighted by molar-refractivity contribution is 0.00439. The van der Waals surface area contributed by atoms with Gasteiger partial charge in [0.15, 0.2) is 11.5 Å². The van der Waals surface area contributed by atoms with Gasteiger partial charge in [-0.05, 0) is 12.1 Å². The molecule has 1 N–H and O–H groups in total. The van der Waals surface area contributed by atoms with Crippen LogP contribution in [0.15, 0.2) is 18.2 Å². The molecule has 6 heteroatoms. The van der Waals surface area contributed by atoms with Gasteiger partial charge in [-0.3, -0.25) is 4.79 Å². The van der Waals surface area contributed by atoms with Crippen LogP contribution >= 0.6 is 11.6 Å². The molecule has 1 aromatic rings. The van der Waals surface area contributed by atoms with Gasteiger partial charge in [-0.2, -0.15) is 0 Å². The Balaban J connectivity index is 2.28. The maximum Gasteiger partial charge on any atom is 0.258 e. The number of para-hydroxylation sites is 1. The highest BCUT2D eigenvalue weighted by atomic mass is 35.5. The molecule has 0 saturated carbocycles. The Labute approximate surface area is 116 Å². The molecule has 1 heterocycles. The van der Waals surface area contributed by atoms with Gasteiger partial charge >= 0.3 is 0 Å². The predicted octanol–water partition coefficient (Wildman–Crippen LogP) is 1.48. The fraction of sp³-hybridized carbons (Fsp3) is 0.462. The number of hydrogen-bond acceptors (Lipinski definition) is 4. The summed E-state index contributed by atoms with van der Waals surface area (Å²) in [7, 11) is 1.44. The van der Waals surface area contributed by atoms with Crippen LogP contribution in [0.1, 0.15) is 10.4 Å². The molecule has 1 unspecified atom stereocenters. The Hall–Kier alpha value is -1.46. The lowest BCUT2D eigenvalue weighted by Crippen LogP contribution is -2.49. The Morgan fingerprint density at radius 3 is 3.11 bits per heavy atom. The van der Waals surface area contributed by atoms with Crippen molar-refractivity contribution in [1.29, 1.82) is 0 Å². The number of benzene rings is 1. The second kappa shape index (κ2) is 6.12. The average Bonchev–Trinajstić information content (AvgIpc) is 2.46. The summed E-state index contributed by atoms with van der Waals surface area (Å²) in [4.78, 5) is 14.1. The molecule has 1 fully saturated rings. The Bertz CT molecular complexity index is 466. The number of aromatic hydroxyl groups is 1. The number of amides is 1. The number of ether oxygens (including phenoxy) is 2. The Kier molecular flexibility index (Phi) is 4.50. The van der Waals surface area contributed by atoms with Crippen molar-refractivity contribution in [2.75, 3.05) is 32.7 Å². The SMILES string of the molecule is COc1cccc(C(=O)N2CCOCC2CCl)c1O. The maximum absolute atomic E-state index is 12.5. The molecule has 0 bridgehead atoms. The third-order valence-electron chi connectivity index (χ3n) is 3.12. The fourth-order valence-corrected chi connectivity index (χ4v) is 2.32. The number of phenolic OH excluding ortho intramolecular Hbond substituents is 1. The quantitative estimate of drug-likeness (QED) is 0.855. The maximum atomic E-state index is 12.5. The van der Waals surface area contributed by atoms with Gasteiger partial charge in [0.2, 0.25) is 0 Å². The lowest BCUT2D eigenvalue weighted by atomic mass is 10.1. The highest BCUT2D eigenvalue weighted by Gasteiger charge is 2.29. The number of carbonyl (C=O) groups excluding carboxylic acids is 1. The van der Waals surface area contributed by atoms with E-state index in [0.717, 1.165) is 0 Å². The second-order valence-electron chi connectivity index (χ2n) is 4.24. The zero-order chi connectivity index (χ0) is 13.8. The van der Waals surface area contributed by atoms with E-state index in [1.807, 2.05) is 0 Å². The van der Waals surface area contributed by atoms with E-state index in [1.54, 1.807) is 23.1 Å². The summed E-state index contributed by atoms with van der Waals surface area (Å²) in [6.07, 6.45) is 0. The summed E-state index contributed by atoms with van der Waals surface area (Å²) >= 11 is 5.84. The molecule has 0 aromatic heterocycles. The first-order valence-electron chi connectivity index (χ1n) is 5.99. The van der Waals surface area contributed by atoms with Gasteiger partial charge in [-0.15, -0.1) is 11.6 Å². The highest BCUT2D eigenvalue weighted by molar-refractivity contribution is 6.18. The molecular formula is C13H16ClNO4. The minimum Gasteiger partial charge on any atom is -0.504 e. The van der Waals surface area contributed by atoms with Crippen LogP contribution in [0.25, 0.3) is 0 Å². The number of methoxy groups -OCH3 is 1. The first kappa shape index (κ1) is 14.0. The second-order valence-corrected chi connectivity index (χ2v) is 4.55. The van der Waals surface area contributed by atoms with Gasteiger partial charge in [0.05, 0.1) is 31.9 Å². The summed E-state index contributed by atoms with van der Waals surface area (Å²) in [5.41, 5.74) is 0.219. The van der Waals surface area contributed by atoms with Crippen LogP contribution in [0.4, 0.5) is 0 Å². The van der Waals surface area contributed by atoms with E-state index in [1.165, 1.54) is 7.11 Å². The van der Waals surface area contributed by atoms with Crippen molar-refractivity contribution in [3.05, 3.63) is 23.8 Å². The van der Waals surface area contributed by atoms with Crippen molar-refractivity contribution < 1.29 is 19.4 Å². The molecule has 1 atom stereocenters. The zero-order valence-electron chi connectivity index (χ0n) is 10.6. The summed E-state index contributed by atoms with van der Waals surface area (Å²) in [6.45, 7) is 1.36. The standard InChI is InChI=1S/C13H16ClNO4/c1-18-11-4-2-3-10(12(11)16)13(17)15-5-6-19-8-9(15)7-14/h2-4,9,16H,5-8H2,1H3. The minimum absolute atomic E-state index is 0.144. The Morgan fingerprint density at radius 2 is 2.42 bits per heavy atom. The smallest absolute Gasteiger partial charge is 0.258 e. The van der Waals surface area contributed by atoms with Crippen molar-refractivity contribution >= 4 is 17.5 Å². The number of alkyl halides is 1. The summed E-state index contributed by atoms with van der Waals surface area (Å²) in [6, 6.07) is 4.67. The van der Waals surface area contributed by atoms with Crippen LogP contribution in [0.5, 0.6) is 11.5 Å². The topological polar surface area (TPSA) is 59.0 Å². The summed E-state index contributed by atoms with van der Waals surface area (Å²) in [5, 5.41) is 10.0. The molecule has 1 aliphatic heterocycles. The van der Waals surface area contributed by atoms with Crippen LogP contribution < -0.4 is 4.74 Å². The van der Waals surface area contributed by atoms with Crippen LogP contribution in [0.3, 0.4) is 0 Å². The first-order valence-corrected chi connectivity index (χ1v) is 6.53.